The van der Waals surface area contributed by atoms with Gasteiger partial charge in [0.05, 0.1) is 0 Å². The number of hydrogen-bond acceptors (Lipinski definition) is 4. The predicted molar refractivity (Wildman–Crippen MR) is 124 cm³/mol. The smallest absolute Gasteiger partial charge is 0.266 e. The second-order valence-corrected chi connectivity index (χ2v) is 8.99. The van der Waals surface area contributed by atoms with E-state index in [1.807, 2.05) is 24.3 Å². The summed E-state index contributed by atoms with van der Waals surface area (Å²) in [6, 6.07) is 24.8. The lowest BCUT2D eigenvalue weighted by atomic mass is 9.71. The van der Waals surface area contributed by atoms with Crippen LogP contribution in [0.2, 0.25) is 0 Å². The molecule has 6 rings (SSSR count). The number of aryl methyl sites for hydroxylation is 2. The van der Waals surface area contributed by atoms with Crippen molar-refractivity contribution in [2.75, 3.05) is 7.05 Å². The zero-order valence-corrected chi connectivity index (χ0v) is 18.0. The van der Waals surface area contributed by atoms with Crippen molar-refractivity contribution >= 4 is 11.9 Å². The number of guanidine groups is 1. The van der Waals surface area contributed by atoms with Crippen LogP contribution in [0.15, 0.2) is 77.8 Å². The average Bonchev–Trinajstić information content (AvgIpc) is 3.12. The fourth-order valence-electron chi connectivity index (χ4n) is 5.66. The van der Waals surface area contributed by atoms with Crippen molar-refractivity contribution in [3.8, 4) is 16.9 Å². The fraction of sp³-hybridized carbons (Fsp3) is 0.259. The minimum Gasteiger partial charge on any atom is -0.483 e. The van der Waals surface area contributed by atoms with Crippen LogP contribution in [-0.2, 0) is 23.2 Å². The van der Waals surface area contributed by atoms with Gasteiger partial charge in [-0.15, -0.1) is 0 Å². The lowest BCUT2D eigenvalue weighted by molar-refractivity contribution is -0.138. The molecule has 160 valence electrons. The van der Waals surface area contributed by atoms with Gasteiger partial charge in [-0.1, -0.05) is 60.7 Å². The van der Waals surface area contributed by atoms with Crippen LogP contribution >= 0.6 is 0 Å². The number of nitrogens with two attached hydrogens (primary N) is 1. The van der Waals surface area contributed by atoms with E-state index in [9.17, 15) is 4.79 Å². The number of aliphatic imine (C=N–C) groups is 1. The third-order valence-corrected chi connectivity index (χ3v) is 7.40. The molecule has 5 nitrogen and oxygen atoms in total. The van der Waals surface area contributed by atoms with Gasteiger partial charge in [0, 0.05) is 12.6 Å². The van der Waals surface area contributed by atoms with Crippen LogP contribution < -0.4 is 10.5 Å². The molecule has 2 N–H and O–H groups in total. The summed E-state index contributed by atoms with van der Waals surface area (Å²) in [4.78, 5) is 20.2. The van der Waals surface area contributed by atoms with Gasteiger partial charge in [-0.25, -0.2) is 4.99 Å². The third-order valence-electron chi connectivity index (χ3n) is 7.40. The molecule has 1 aliphatic carbocycles. The van der Waals surface area contributed by atoms with Gasteiger partial charge in [-0.05, 0) is 60.1 Å². The van der Waals surface area contributed by atoms with Crippen LogP contribution in [0.3, 0.4) is 0 Å². The SMILES string of the molecule is CN1C(=O)C2(N=C1N)c1cc(-c3ccccc3)ccc1OC21CCc2ccccc2CC1. The van der Waals surface area contributed by atoms with E-state index in [2.05, 4.69) is 48.5 Å². The number of rotatable bonds is 1. The molecule has 3 aliphatic rings. The van der Waals surface area contributed by atoms with Crippen LogP contribution in [0.25, 0.3) is 11.1 Å². The molecular formula is C27H25N3O2. The minimum atomic E-state index is -1.16. The van der Waals surface area contributed by atoms with E-state index in [0.717, 1.165) is 35.3 Å². The number of nitrogens with zero attached hydrogens (tertiary/aromatic N) is 2. The molecule has 32 heavy (non-hydrogen) atoms. The summed E-state index contributed by atoms with van der Waals surface area (Å²) in [6.07, 6.45) is 3.08. The van der Waals surface area contributed by atoms with Crippen molar-refractivity contribution in [2.45, 2.75) is 36.8 Å². The third kappa shape index (κ3) is 2.45. The normalized spacial score (nSPS) is 23.0. The van der Waals surface area contributed by atoms with Gasteiger partial charge >= 0.3 is 0 Å². The number of carbonyl (C=O) groups excluding carboxylic acids is 1. The first-order valence-electron chi connectivity index (χ1n) is 11.1. The topological polar surface area (TPSA) is 67.9 Å². The molecule has 2 aliphatic heterocycles. The molecule has 0 aromatic heterocycles. The van der Waals surface area contributed by atoms with Gasteiger partial charge in [-0.3, -0.25) is 9.69 Å². The van der Waals surface area contributed by atoms with Crippen molar-refractivity contribution in [2.24, 2.45) is 10.7 Å². The number of fused-ring (bicyclic) bond motifs is 4. The van der Waals surface area contributed by atoms with Crippen molar-refractivity contribution in [1.29, 1.82) is 0 Å². The largest absolute Gasteiger partial charge is 0.483 e. The summed E-state index contributed by atoms with van der Waals surface area (Å²) in [5.74, 6) is 0.874. The molecule has 1 atom stereocenters. The Morgan fingerprint density at radius 2 is 1.56 bits per heavy atom. The zero-order valence-electron chi connectivity index (χ0n) is 18.0. The van der Waals surface area contributed by atoms with E-state index in [0.29, 0.717) is 12.8 Å². The monoisotopic (exact) mass is 423 g/mol. The molecule has 0 saturated heterocycles. The van der Waals surface area contributed by atoms with Crippen LogP contribution in [0.5, 0.6) is 5.75 Å². The van der Waals surface area contributed by atoms with Crippen molar-refractivity contribution in [3.63, 3.8) is 0 Å². The molecule has 0 fully saturated rings. The number of hydrogen-bond donors (Lipinski definition) is 1. The van der Waals surface area contributed by atoms with E-state index in [1.54, 1.807) is 7.05 Å². The first-order chi connectivity index (χ1) is 15.5. The lowest BCUT2D eigenvalue weighted by Gasteiger charge is -2.38. The van der Waals surface area contributed by atoms with Crippen molar-refractivity contribution in [3.05, 3.63) is 89.5 Å². The lowest BCUT2D eigenvalue weighted by Crippen LogP contribution is -2.56. The Labute approximate surface area is 187 Å². The van der Waals surface area contributed by atoms with Crippen molar-refractivity contribution < 1.29 is 9.53 Å². The van der Waals surface area contributed by atoms with Gasteiger partial charge in [0.25, 0.3) is 5.91 Å². The maximum Gasteiger partial charge on any atom is 0.266 e. The van der Waals surface area contributed by atoms with E-state index >= 15 is 0 Å². The molecule has 5 heteroatoms. The second-order valence-electron chi connectivity index (χ2n) is 8.99. The highest BCUT2D eigenvalue weighted by Gasteiger charge is 2.68. The zero-order chi connectivity index (χ0) is 21.9. The van der Waals surface area contributed by atoms with E-state index in [4.69, 9.17) is 15.5 Å². The molecule has 1 unspecified atom stereocenters. The van der Waals surface area contributed by atoms with E-state index in [-0.39, 0.29) is 11.9 Å². The summed E-state index contributed by atoms with van der Waals surface area (Å²) in [7, 11) is 1.70. The Hall–Kier alpha value is -3.60. The summed E-state index contributed by atoms with van der Waals surface area (Å²) in [5, 5.41) is 0. The first kappa shape index (κ1) is 19.1. The predicted octanol–water partition coefficient (Wildman–Crippen LogP) is 4.05. The van der Waals surface area contributed by atoms with Crippen LogP contribution in [-0.4, -0.2) is 29.4 Å². The molecule has 2 heterocycles. The number of amides is 1. The highest BCUT2D eigenvalue weighted by Crippen LogP contribution is 2.58. The Kier molecular flexibility index (Phi) is 4.00. The maximum absolute atomic E-state index is 13.9. The van der Waals surface area contributed by atoms with Gasteiger partial charge in [0.2, 0.25) is 5.54 Å². The van der Waals surface area contributed by atoms with E-state index < -0.39 is 11.1 Å². The maximum atomic E-state index is 13.9. The van der Waals surface area contributed by atoms with Crippen LogP contribution in [0, 0.1) is 0 Å². The van der Waals surface area contributed by atoms with Gasteiger partial charge in [-0.2, -0.15) is 0 Å². The summed E-state index contributed by atoms with van der Waals surface area (Å²) in [5.41, 5.74) is 9.91. The Balaban J connectivity index is 1.53. The molecule has 1 amide bonds. The van der Waals surface area contributed by atoms with Gasteiger partial charge in [0.1, 0.15) is 11.4 Å². The van der Waals surface area contributed by atoms with Crippen LogP contribution in [0.1, 0.15) is 29.5 Å². The number of benzene rings is 3. The minimum absolute atomic E-state index is 0.107. The molecule has 0 saturated carbocycles. The van der Waals surface area contributed by atoms with Gasteiger partial charge in [0.15, 0.2) is 5.96 Å². The molecule has 3 aromatic rings. The number of likely N-dealkylation sites (N-methyl/N-ethyl adjacent to an activating group) is 1. The Bertz CT molecular complexity index is 1240. The quantitative estimate of drug-likeness (QED) is 0.642. The number of carbonyl (C=O) groups is 1. The number of ether oxygens (including phenoxy) is 1. The Morgan fingerprint density at radius 3 is 2.19 bits per heavy atom. The summed E-state index contributed by atoms with van der Waals surface area (Å²) < 4.78 is 6.73. The second kappa shape index (κ2) is 6.70. The first-order valence-corrected chi connectivity index (χ1v) is 11.1. The molecular weight excluding hydrogens is 398 g/mol. The molecule has 3 aromatic carbocycles. The fourth-order valence-corrected chi connectivity index (χ4v) is 5.66. The van der Waals surface area contributed by atoms with Gasteiger partial charge < -0.3 is 10.5 Å². The molecule has 0 radical (unpaired) electrons. The standard InChI is InChI=1S/C27H25N3O2/c1-30-24(31)27(29-25(30)28)22-17-21(18-7-3-2-4-8-18)11-12-23(22)32-26(27)15-13-19-9-5-6-10-20(19)14-16-26/h2-12,17H,13-16H2,1H3,(H2,28,29). The molecule has 2 spiro atoms. The average molecular weight is 424 g/mol. The summed E-state index contributed by atoms with van der Waals surface area (Å²) >= 11 is 0. The van der Waals surface area contributed by atoms with Crippen molar-refractivity contribution in [1.82, 2.24) is 4.90 Å². The Morgan fingerprint density at radius 1 is 0.906 bits per heavy atom. The summed E-state index contributed by atoms with van der Waals surface area (Å²) in [6.45, 7) is 0. The van der Waals surface area contributed by atoms with Crippen LogP contribution in [0.4, 0.5) is 0 Å². The highest BCUT2D eigenvalue weighted by molar-refractivity contribution is 6.08. The highest BCUT2D eigenvalue weighted by atomic mass is 16.5. The van der Waals surface area contributed by atoms with E-state index in [1.165, 1.54) is 16.0 Å². The molecule has 0 bridgehead atoms.